The molecule has 212 valence electrons. The van der Waals surface area contributed by atoms with Gasteiger partial charge in [0.1, 0.15) is 5.75 Å². The predicted octanol–water partition coefficient (Wildman–Crippen LogP) is 5.81. The van der Waals surface area contributed by atoms with Crippen LogP contribution in [0.3, 0.4) is 0 Å². The minimum absolute atomic E-state index is 0.0926. The van der Waals surface area contributed by atoms with Crippen LogP contribution in [0.15, 0.2) is 48.5 Å². The Labute approximate surface area is 231 Å². The predicted molar refractivity (Wildman–Crippen MR) is 142 cm³/mol. The lowest BCUT2D eigenvalue weighted by atomic mass is 9.88. The number of aliphatic hydroxyl groups is 1. The van der Waals surface area contributed by atoms with E-state index in [9.17, 15) is 27.9 Å². The fraction of sp³-hybridized carbons (Fsp3) is 0.517. The number of unbranched alkanes of at least 4 members (excludes halogenated alkanes) is 1. The molecule has 0 aromatic heterocycles. The number of rotatable bonds is 10. The molecule has 2 amide bonds. The van der Waals surface area contributed by atoms with Gasteiger partial charge in [-0.15, -0.1) is 0 Å². The van der Waals surface area contributed by atoms with Gasteiger partial charge in [-0.05, 0) is 62.6 Å². The van der Waals surface area contributed by atoms with Gasteiger partial charge in [0.05, 0.1) is 17.2 Å². The standard InChI is InChI=1S/C29H34ClF3N2O4/c1-34(22-10-11-22)26(36)24-13-12-23(19-25(24)30)39-18-6-5-7-20-14-16-35(17-15-20)27(37)28(38,29(31,32)33)21-8-3-2-4-9-21/h2-4,8-9,12-13,19-20,22,38H,5-7,10-11,14-18H2,1H3. The fourth-order valence-electron chi connectivity index (χ4n) is 5.04. The zero-order valence-corrected chi connectivity index (χ0v) is 22.7. The molecule has 0 bridgehead atoms. The third kappa shape index (κ3) is 6.69. The van der Waals surface area contributed by atoms with Gasteiger partial charge >= 0.3 is 6.18 Å². The zero-order valence-electron chi connectivity index (χ0n) is 21.9. The maximum Gasteiger partial charge on any atom is 0.430 e. The van der Waals surface area contributed by atoms with E-state index in [-0.39, 0.29) is 24.9 Å². The maximum atomic E-state index is 13.8. The van der Waals surface area contributed by atoms with Crippen molar-refractivity contribution >= 4 is 23.4 Å². The average molecular weight is 567 g/mol. The van der Waals surface area contributed by atoms with Crippen molar-refractivity contribution in [3.05, 3.63) is 64.7 Å². The molecule has 2 fully saturated rings. The minimum Gasteiger partial charge on any atom is -0.494 e. The van der Waals surface area contributed by atoms with Gasteiger partial charge in [0, 0.05) is 31.7 Å². The lowest BCUT2D eigenvalue weighted by Crippen LogP contribution is -2.57. The monoisotopic (exact) mass is 566 g/mol. The Morgan fingerprint density at radius 1 is 1.05 bits per heavy atom. The normalized spacial score (nSPS) is 17.9. The zero-order chi connectivity index (χ0) is 28.2. The molecule has 1 unspecified atom stereocenters. The lowest BCUT2D eigenvalue weighted by molar-refractivity contribution is -0.262. The third-order valence-electron chi connectivity index (χ3n) is 7.67. The molecular weight excluding hydrogens is 533 g/mol. The number of nitrogens with zero attached hydrogens (tertiary/aromatic N) is 2. The van der Waals surface area contributed by atoms with Crippen LogP contribution >= 0.6 is 11.6 Å². The Balaban J connectivity index is 1.19. The van der Waals surface area contributed by atoms with Crippen LogP contribution in [-0.2, 0) is 10.4 Å². The maximum absolute atomic E-state index is 13.8. The third-order valence-corrected chi connectivity index (χ3v) is 7.99. The van der Waals surface area contributed by atoms with Crippen LogP contribution in [0.5, 0.6) is 5.75 Å². The number of hydrogen-bond donors (Lipinski definition) is 1. The van der Waals surface area contributed by atoms with E-state index in [1.807, 2.05) is 0 Å². The molecule has 10 heteroatoms. The molecule has 0 spiro atoms. The van der Waals surface area contributed by atoms with Crippen molar-refractivity contribution in [3.63, 3.8) is 0 Å². The number of benzene rings is 2. The number of hydrogen-bond acceptors (Lipinski definition) is 4. The number of amides is 2. The second-order valence-electron chi connectivity index (χ2n) is 10.4. The largest absolute Gasteiger partial charge is 0.494 e. The summed E-state index contributed by atoms with van der Waals surface area (Å²) in [5.74, 6) is -0.537. The summed E-state index contributed by atoms with van der Waals surface area (Å²) in [5.41, 5.74) is -3.57. The average Bonchev–Trinajstić information content (AvgIpc) is 3.77. The highest BCUT2D eigenvalue weighted by atomic mass is 35.5. The van der Waals surface area contributed by atoms with Crippen molar-refractivity contribution in [1.82, 2.24) is 9.80 Å². The van der Waals surface area contributed by atoms with E-state index >= 15 is 0 Å². The highest BCUT2D eigenvalue weighted by Crippen LogP contribution is 2.41. The SMILES string of the molecule is CN(C(=O)c1ccc(OCCCCC2CCN(C(=O)C(O)(c3ccccc3)C(F)(F)F)CC2)cc1Cl)C1CC1. The van der Waals surface area contributed by atoms with Crippen molar-refractivity contribution < 1.29 is 32.6 Å². The van der Waals surface area contributed by atoms with E-state index < -0.39 is 23.2 Å². The summed E-state index contributed by atoms with van der Waals surface area (Å²) < 4.78 is 47.3. The van der Waals surface area contributed by atoms with Crippen LogP contribution in [0.4, 0.5) is 13.2 Å². The molecule has 2 aliphatic rings. The molecule has 39 heavy (non-hydrogen) atoms. The van der Waals surface area contributed by atoms with E-state index in [1.54, 1.807) is 30.1 Å². The smallest absolute Gasteiger partial charge is 0.430 e. The Morgan fingerprint density at radius 3 is 2.31 bits per heavy atom. The summed E-state index contributed by atoms with van der Waals surface area (Å²) >= 11 is 6.32. The van der Waals surface area contributed by atoms with Gasteiger partial charge < -0.3 is 19.6 Å². The van der Waals surface area contributed by atoms with Crippen LogP contribution < -0.4 is 4.74 Å². The van der Waals surface area contributed by atoms with Gasteiger partial charge in [-0.3, -0.25) is 9.59 Å². The summed E-state index contributed by atoms with van der Waals surface area (Å²) in [4.78, 5) is 28.3. The second kappa shape index (κ2) is 12.2. The number of carbonyl (C=O) groups is 2. The molecular formula is C29H34ClF3N2O4. The molecule has 1 N–H and O–H groups in total. The van der Waals surface area contributed by atoms with Gasteiger partial charge in [-0.1, -0.05) is 48.4 Å². The molecule has 1 saturated heterocycles. The number of piperidine rings is 1. The van der Waals surface area contributed by atoms with Crippen molar-refractivity contribution in [3.8, 4) is 5.75 Å². The molecule has 4 rings (SSSR count). The van der Waals surface area contributed by atoms with Crippen LogP contribution in [0.2, 0.25) is 5.02 Å². The first-order valence-corrected chi connectivity index (χ1v) is 13.7. The Bertz CT molecular complexity index is 1150. The molecule has 1 atom stereocenters. The molecule has 1 aliphatic carbocycles. The van der Waals surface area contributed by atoms with Crippen molar-refractivity contribution in [2.75, 3.05) is 26.7 Å². The van der Waals surface area contributed by atoms with E-state index in [0.717, 1.165) is 49.1 Å². The van der Waals surface area contributed by atoms with E-state index in [2.05, 4.69) is 0 Å². The first kappa shape index (κ1) is 29.2. The first-order valence-electron chi connectivity index (χ1n) is 13.4. The Morgan fingerprint density at radius 2 is 1.72 bits per heavy atom. The molecule has 6 nitrogen and oxygen atoms in total. The van der Waals surface area contributed by atoms with Crippen LogP contribution in [0.1, 0.15) is 60.9 Å². The van der Waals surface area contributed by atoms with E-state index in [0.29, 0.717) is 41.8 Å². The molecule has 2 aromatic carbocycles. The Kier molecular flexibility index (Phi) is 9.11. The van der Waals surface area contributed by atoms with Crippen molar-refractivity contribution in [2.45, 2.75) is 62.8 Å². The number of carbonyl (C=O) groups excluding carboxylic acids is 2. The van der Waals surface area contributed by atoms with Gasteiger partial charge in [0.15, 0.2) is 0 Å². The summed E-state index contributed by atoms with van der Waals surface area (Å²) in [6.45, 7) is 0.814. The molecule has 1 heterocycles. The summed E-state index contributed by atoms with van der Waals surface area (Å²) in [6.07, 6.45) is 0.591. The highest BCUT2D eigenvalue weighted by molar-refractivity contribution is 6.34. The lowest BCUT2D eigenvalue weighted by Gasteiger charge is -2.38. The molecule has 1 aliphatic heterocycles. The van der Waals surface area contributed by atoms with Gasteiger partial charge in [-0.25, -0.2) is 0 Å². The first-order chi connectivity index (χ1) is 18.5. The highest BCUT2D eigenvalue weighted by Gasteiger charge is 2.62. The van der Waals surface area contributed by atoms with E-state index in [4.69, 9.17) is 16.3 Å². The molecule has 0 radical (unpaired) electrons. The van der Waals surface area contributed by atoms with Crippen molar-refractivity contribution in [1.29, 1.82) is 0 Å². The minimum atomic E-state index is -5.13. The fourth-order valence-corrected chi connectivity index (χ4v) is 5.29. The molecule has 1 saturated carbocycles. The summed E-state index contributed by atoms with van der Waals surface area (Å²) in [5, 5.41) is 10.9. The van der Waals surface area contributed by atoms with Gasteiger partial charge in [0.25, 0.3) is 17.4 Å². The summed E-state index contributed by atoms with van der Waals surface area (Å²) in [6, 6.07) is 11.9. The number of halogens is 4. The van der Waals surface area contributed by atoms with Crippen LogP contribution in [0, 0.1) is 5.92 Å². The summed E-state index contributed by atoms with van der Waals surface area (Å²) in [7, 11) is 1.79. The van der Waals surface area contributed by atoms with Crippen molar-refractivity contribution in [2.24, 2.45) is 5.92 Å². The molecule has 2 aromatic rings. The number of likely N-dealkylation sites (tertiary alicyclic amines) is 1. The topological polar surface area (TPSA) is 70.1 Å². The van der Waals surface area contributed by atoms with Crippen LogP contribution in [-0.4, -0.2) is 65.7 Å². The van der Waals surface area contributed by atoms with E-state index in [1.165, 1.54) is 18.2 Å². The number of ether oxygens (including phenoxy) is 1. The second-order valence-corrected chi connectivity index (χ2v) is 10.9. The van der Waals surface area contributed by atoms with Gasteiger partial charge in [-0.2, -0.15) is 13.2 Å². The number of alkyl halides is 3. The van der Waals surface area contributed by atoms with Gasteiger partial charge in [0.2, 0.25) is 0 Å². The van der Waals surface area contributed by atoms with Crippen LogP contribution in [0.25, 0.3) is 0 Å². The quantitative estimate of drug-likeness (QED) is 0.368. The Hall–Kier alpha value is -2.78.